The van der Waals surface area contributed by atoms with Crippen LogP contribution >= 0.6 is 0 Å². The van der Waals surface area contributed by atoms with Crippen LogP contribution in [0, 0.1) is 0 Å². The first-order valence-corrected chi connectivity index (χ1v) is 12.6. The minimum Gasteiger partial charge on any atom is -0.480 e. The molecule has 1 saturated heterocycles. The SMILES string of the molecule is O=C(O)CN1CCN(CC(=O)O)CCN(CC(=O)NCCNCc2ccncc2)CCN(CC(=O)O)CC1. The van der Waals surface area contributed by atoms with Crippen molar-refractivity contribution < 1.29 is 34.5 Å². The van der Waals surface area contributed by atoms with Gasteiger partial charge in [-0.1, -0.05) is 0 Å². The number of rotatable bonds is 13. The summed E-state index contributed by atoms with van der Waals surface area (Å²) < 4.78 is 0. The lowest BCUT2D eigenvalue weighted by Crippen LogP contribution is -2.50. The predicted molar refractivity (Wildman–Crippen MR) is 138 cm³/mol. The molecule has 38 heavy (non-hydrogen) atoms. The highest BCUT2D eigenvalue weighted by Crippen LogP contribution is 2.01. The van der Waals surface area contributed by atoms with Crippen molar-refractivity contribution in [1.29, 1.82) is 0 Å². The number of pyridine rings is 1. The third kappa shape index (κ3) is 13.9. The highest BCUT2D eigenvalue weighted by molar-refractivity contribution is 5.78. The van der Waals surface area contributed by atoms with Gasteiger partial charge in [-0.2, -0.15) is 0 Å². The van der Waals surface area contributed by atoms with Crippen molar-refractivity contribution in [3.63, 3.8) is 0 Å². The molecular formula is C24H39N7O7. The molecule has 0 spiro atoms. The molecule has 1 aromatic heterocycles. The molecule has 0 aliphatic carbocycles. The predicted octanol–water partition coefficient (Wildman–Crippen LogP) is -2.24. The number of carbonyl (C=O) groups is 4. The maximum atomic E-state index is 12.6. The fourth-order valence-electron chi connectivity index (χ4n) is 4.07. The summed E-state index contributed by atoms with van der Waals surface area (Å²) in [4.78, 5) is 57.6. The van der Waals surface area contributed by atoms with Gasteiger partial charge in [0.25, 0.3) is 0 Å². The van der Waals surface area contributed by atoms with Crippen LogP contribution in [0.4, 0.5) is 0 Å². The summed E-state index contributed by atoms with van der Waals surface area (Å²) in [5, 5.41) is 34.0. The number of carbonyl (C=O) groups excluding carboxylic acids is 1. The van der Waals surface area contributed by atoms with Crippen LogP contribution in [0.15, 0.2) is 24.5 Å². The van der Waals surface area contributed by atoms with Gasteiger partial charge in [0, 0.05) is 84.4 Å². The molecule has 0 bridgehead atoms. The van der Waals surface area contributed by atoms with Crippen LogP contribution in [-0.4, -0.2) is 155 Å². The van der Waals surface area contributed by atoms with E-state index >= 15 is 0 Å². The molecule has 1 aliphatic rings. The lowest BCUT2D eigenvalue weighted by molar-refractivity contribution is -0.140. The van der Waals surface area contributed by atoms with Crippen molar-refractivity contribution in [2.24, 2.45) is 0 Å². The number of hydrogen-bond donors (Lipinski definition) is 5. The molecular weight excluding hydrogens is 498 g/mol. The number of nitrogens with zero attached hydrogens (tertiary/aromatic N) is 5. The number of hydrogen-bond acceptors (Lipinski definition) is 10. The second kappa shape index (κ2) is 17.4. The maximum absolute atomic E-state index is 12.6. The summed E-state index contributed by atoms with van der Waals surface area (Å²) in [5.41, 5.74) is 1.09. The van der Waals surface area contributed by atoms with E-state index in [0.29, 0.717) is 72.0 Å². The molecule has 5 N–H and O–H groups in total. The van der Waals surface area contributed by atoms with E-state index in [4.69, 9.17) is 0 Å². The molecule has 0 aromatic carbocycles. The maximum Gasteiger partial charge on any atom is 0.317 e. The Hall–Kier alpha value is -3.17. The van der Waals surface area contributed by atoms with Crippen LogP contribution in [-0.2, 0) is 25.7 Å². The molecule has 1 aromatic rings. The first-order valence-electron chi connectivity index (χ1n) is 12.6. The Morgan fingerprint density at radius 1 is 0.658 bits per heavy atom. The zero-order valence-electron chi connectivity index (χ0n) is 21.6. The average molecular weight is 538 g/mol. The van der Waals surface area contributed by atoms with E-state index in [1.165, 1.54) is 0 Å². The van der Waals surface area contributed by atoms with Gasteiger partial charge in [0.15, 0.2) is 0 Å². The second-order valence-electron chi connectivity index (χ2n) is 9.17. The molecule has 2 rings (SSSR count). The van der Waals surface area contributed by atoms with Gasteiger partial charge >= 0.3 is 17.9 Å². The van der Waals surface area contributed by atoms with Crippen molar-refractivity contribution in [2.45, 2.75) is 6.54 Å². The van der Waals surface area contributed by atoms with Gasteiger partial charge < -0.3 is 26.0 Å². The Morgan fingerprint density at radius 2 is 1.05 bits per heavy atom. The summed E-state index contributed by atoms with van der Waals surface area (Å²) in [6.07, 6.45) is 3.44. The van der Waals surface area contributed by atoms with Gasteiger partial charge in [0.05, 0.1) is 26.2 Å². The molecule has 2 heterocycles. The van der Waals surface area contributed by atoms with E-state index in [-0.39, 0.29) is 32.1 Å². The van der Waals surface area contributed by atoms with E-state index < -0.39 is 17.9 Å². The van der Waals surface area contributed by atoms with Crippen LogP contribution in [0.2, 0.25) is 0 Å². The molecule has 212 valence electrons. The summed E-state index contributed by atoms with van der Waals surface area (Å²) in [7, 11) is 0. The molecule has 14 heteroatoms. The van der Waals surface area contributed by atoms with Crippen LogP contribution < -0.4 is 10.6 Å². The lowest BCUT2D eigenvalue weighted by Gasteiger charge is -2.32. The van der Waals surface area contributed by atoms with E-state index in [0.717, 1.165) is 5.56 Å². The van der Waals surface area contributed by atoms with Gasteiger partial charge in [-0.3, -0.25) is 43.8 Å². The van der Waals surface area contributed by atoms with E-state index in [9.17, 15) is 34.5 Å². The Labute approximate surface area is 222 Å². The number of nitrogens with one attached hydrogen (secondary N) is 2. The van der Waals surface area contributed by atoms with E-state index in [2.05, 4.69) is 15.6 Å². The zero-order chi connectivity index (χ0) is 27.8. The second-order valence-corrected chi connectivity index (χ2v) is 9.17. The monoisotopic (exact) mass is 537 g/mol. The molecule has 0 atom stereocenters. The fraction of sp³-hybridized carbons (Fsp3) is 0.625. The van der Waals surface area contributed by atoms with Crippen molar-refractivity contribution in [2.75, 3.05) is 91.6 Å². The molecule has 0 radical (unpaired) electrons. The largest absolute Gasteiger partial charge is 0.480 e. The Bertz CT molecular complexity index is 858. The Balaban J connectivity index is 1.94. The first kappa shape index (κ1) is 31.1. The van der Waals surface area contributed by atoms with Crippen LogP contribution in [0.3, 0.4) is 0 Å². The lowest BCUT2D eigenvalue weighted by atomic mass is 10.3. The topological polar surface area (TPSA) is 179 Å². The van der Waals surface area contributed by atoms with Gasteiger partial charge in [-0.15, -0.1) is 0 Å². The highest BCUT2D eigenvalue weighted by atomic mass is 16.4. The Kier molecular flexibility index (Phi) is 14.2. The zero-order valence-corrected chi connectivity index (χ0v) is 21.6. The summed E-state index contributed by atoms with van der Waals surface area (Å²) in [6, 6.07) is 3.82. The van der Waals surface area contributed by atoms with E-state index in [1.807, 2.05) is 17.0 Å². The normalized spacial score (nSPS) is 17.3. The summed E-state index contributed by atoms with van der Waals surface area (Å²) in [5.74, 6) is -3.16. The quantitative estimate of drug-likeness (QED) is 0.171. The number of carboxylic acid groups (broad SMARTS) is 3. The highest BCUT2D eigenvalue weighted by Gasteiger charge is 2.21. The van der Waals surface area contributed by atoms with Crippen molar-refractivity contribution in [1.82, 2.24) is 35.2 Å². The van der Waals surface area contributed by atoms with E-state index in [1.54, 1.807) is 27.1 Å². The van der Waals surface area contributed by atoms with Crippen molar-refractivity contribution >= 4 is 23.8 Å². The van der Waals surface area contributed by atoms with Crippen LogP contribution in [0.25, 0.3) is 0 Å². The number of amides is 1. The standard InChI is InChI=1S/C24H39N7O7/c32-21(27-6-5-26-15-20-1-3-25-4-2-20)16-28-7-9-29(17-22(33)34)11-13-31(19-24(37)38)14-12-30(10-8-28)18-23(35)36/h1-4,26H,5-19H2,(H,27,32)(H,33,34)(H,35,36)(H,37,38). The minimum atomic E-state index is -1.00. The van der Waals surface area contributed by atoms with Crippen LogP contribution in [0.5, 0.6) is 0 Å². The molecule has 0 saturated carbocycles. The molecule has 1 amide bonds. The molecule has 1 aliphatic heterocycles. The first-order chi connectivity index (χ1) is 18.2. The smallest absolute Gasteiger partial charge is 0.317 e. The molecule has 0 unspecified atom stereocenters. The third-order valence-corrected chi connectivity index (χ3v) is 6.08. The minimum absolute atomic E-state index is 0.0946. The van der Waals surface area contributed by atoms with Gasteiger partial charge in [0.1, 0.15) is 0 Å². The fourth-order valence-corrected chi connectivity index (χ4v) is 4.07. The Morgan fingerprint density at radius 3 is 1.45 bits per heavy atom. The summed E-state index contributed by atoms with van der Waals surface area (Å²) in [6.45, 7) is 4.03. The number of aliphatic carboxylic acids is 3. The van der Waals surface area contributed by atoms with Gasteiger partial charge in [-0.05, 0) is 17.7 Å². The average Bonchev–Trinajstić information content (AvgIpc) is 2.85. The van der Waals surface area contributed by atoms with Crippen LogP contribution in [0.1, 0.15) is 5.56 Å². The summed E-state index contributed by atoms with van der Waals surface area (Å²) >= 11 is 0. The number of carboxylic acids is 3. The van der Waals surface area contributed by atoms with Gasteiger partial charge in [0.2, 0.25) is 5.91 Å². The molecule has 1 fully saturated rings. The molecule has 14 nitrogen and oxygen atoms in total. The van der Waals surface area contributed by atoms with Gasteiger partial charge in [-0.25, -0.2) is 0 Å². The van der Waals surface area contributed by atoms with Crippen molar-refractivity contribution in [3.8, 4) is 0 Å². The number of aromatic nitrogens is 1. The third-order valence-electron chi connectivity index (χ3n) is 6.08. The van der Waals surface area contributed by atoms with Crippen molar-refractivity contribution in [3.05, 3.63) is 30.1 Å².